The van der Waals surface area contributed by atoms with E-state index in [1.165, 1.54) is 19.9 Å². The summed E-state index contributed by atoms with van der Waals surface area (Å²) >= 11 is 0. The predicted molar refractivity (Wildman–Crippen MR) is 93.4 cm³/mol. The van der Waals surface area contributed by atoms with Gasteiger partial charge in [-0.3, -0.25) is 9.59 Å². The van der Waals surface area contributed by atoms with Crippen molar-refractivity contribution in [3.05, 3.63) is 47.1 Å². The van der Waals surface area contributed by atoms with E-state index in [0.717, 1.165) is 24.3 Å². The van der Waals surface area contributed by atoms with Crippen LogP contribution in [0, 0.1) is 0 Å². The molecule has 0 bridgehead atoms. The van der Waals surface area contributed by atoms with Gasteiger partial charge in [0.1, 0.15) is 0 Å². The molecule has 0 aliphatic rings. The van der Waals surface area contributed by atoms with Crippen LogP contribution in [0.3, 0.4) is 0 Å². The zero-order chi connectivity index (χ0) is 20.7. The molecule has 0 aliphatic heterocycles. The molecule has 2 amide bonds. The Morgan fingerprint density at radius 2 is 1.11 bits per heavy atom. The maximum absolute atomic E-state index is 11.8. The lowest BCUT2D eigenvalue weighted by Gasteiger charge is -2.09. The van der Waals surface area contributed by atoms with Gasteiger partial charge in [-0.2, -0.15) is 0 Å². The second-order valence-corrected chi connectivity index (χ2v) is 5.35. The number of carboxylic acids is 3. The normalized spacial score (nSPS) is 11.5. The van der Waals surface area contributed by atoms with Crippen molar-refractivity contribution in [1.29, 1.82) is 0 Å². The van der Waals surface area contributed by atoms with Crippen LogP contribution >= 0.6 is 0 Å². The molecule has 0 aromatic heterocycles. The Morgan fingerprint density at radius 1 is 0.741 bits per heavy atom. The van der Waals surface area contributed by atoms with E-state index < -0.39 is 29.7 Å². The van der Waals surface area contributed by atoms with Crippen LogP contribution < -0.4 is 10.6 Å². The molecule has 0 saturated carbocycles. The number of hydrogen-bond acceptors (Lipinski definition) is 5. The topological polar surface area (TPSA) is 170 Å². The number of rotatable bonds is 7. The molecular weight excluding hydrogens is 360 g/mol. The molecular formula is C17H16N2O8. The molecule has 0 unspecified atom stereocenters. The molecule has 5 N–H and O–H groups in total. The Bertz CT molecular complexity index is 821. The largest absolute Gasteiger partial charge is 0.478 e. The lowest BCUT2D eigenvalue weighted by atomic mass is 10.1. The van der Waals surface area contributed by atoms with E-state index in [0.29, 0.717) is 0 Å². The van der Waals surface area contributed by atoms with Crippen molar-refractivity contribution in [2.24, 2.45) is 0 Å². The molecule has 1 aromatic carbocycles. The van der Waals surface area contributed by atoms with Crippen LogP contribution in [0.1, 0.15) is 24.2 Å². The number of amides is 2. The second-order valence-electron chi connectivity index (χ2n) is 5.35. The zero-order valence-corrected chi connectivity index (χ0v) is 14.3. The van der Waals surface area contributed by atoms with Crippen LogP contribution in [0.2, 0.25) is 0 Å². The smallest absolute Gasteiger partial charge is 0.335 e. The zero-order valence-electron chi connectivity index (χ0n) is 14.3. The van der Waals surface area contributed by atoms with E-state index in [-0.39, 0.29) is 28.1 Å². The summed E-state index contributed by atoms with van der Waals surface area (Å²) in [5.74, 6) is -5.54. The van der Waals surface area contributed by atoms with Gasteiger partial charge in [-0.25, -0.2) is 14.4 Å². The van der Waals surface area contributed by atoms with E-state index >= 15 is 0 Å². The van der Waals surface area contributed by atoms with Gasteiger partial charge in [0.25, 0.3) is 0 Å². The maximum Gasteiger partial charge on any atom is 0.335 e. The number of carbonyl (C=O) groups is 5. The van der Waals surface area contributed by atoms with E-state index in [1.807, 2.05) is 0 Å². The summed E-state index contributed by atoms with van der Waals surface area (Å²) in [7, 11) is 0. The highest BCUT2D eigenvalue weighted by molar-refractivity contribution is 6.07. The van der Waals surface area contributed by atoms with Gasteiger partial charge in [0.2, 0.25) is 11.8 Å². The van der Waals surface area contributed by atoms with Gasteiger partial charge in [-0.05, 0) is 32.0 Å². The fourth-order valence-electron chi connectivity index (χ4n) is 1.77. The van der Waals surface area contributed by atoms with Crippen LogP contribution in [-0.4, -0.2) is 45.0 Å². The molecule has 0 radical (unpaired) electrons. The average molecular weight is 376 g/mol. The Hall–Kier alpha value is -3.95. The molecule has 0 heterocycles. The number of hydrogen-bond donors (Lipinski definition) is 5. The summed E-state index contributed by atoms with van der Waals surface area (Å²) in [5, 5.41) is 31.2. The van der Waals surface area contributed by atoms with Gasteiger partial charge in [-0.1, -0.05) is 0 Å². The number of aliphatic carboxylic acids is 2. The van der Waals surface area contributed by atoms with Crippen molar-refractivity contribution >= 4 is 41.1 Å². The standard InChI is InChI=1S/C17H16N2O8/c1-8(15(22)23)3-13(20)18-11-5-10(17(26)27)6-12(7-11)19-14(21)4-9(2)16(24)25/h3-7H,1-2H3,(H,18,20)(H,19,21)(H,22,23)(H,24,25)(H,26,27)/b8-3-,9-4-. The number of nitrogens with one attached hydrogen (secondary N) is 2. The van der Waals surface area contributed by atoms with Crippen molar-refractivity contribution in [2.45, 2.75) is 13.8 Å². The molecule has 0 saturated heterocycles. The number of carbonyl (C=O) groups excluding carboxylic acids is 2. The lowest BCUT2D eigenvalue weighted by Crippen LogP contribution is -2.14. The molecule has 0 atom stereocenters. The van der Waals surface area contributed by atoms with Crippen LogP contribution in [0.4, 0.5) is 11.4 Å². The first-order chi connectivity index (χ1) is 12.5. The summed E-state index contributed by atoms with van der Waals surface area (Å²) in [5.41, 5.74) is -0.748. The van der Waals surface area contributed by atoms with Gasteiger partial charge in [0, 0.05) is 34.7 Å². The molecule has 10 nitrogen and oxygen atoms in total. The highest BCUT2D eigenvalue weighted by atomic mass is 16.4. The van der Waals surface area contributed by atoms with Gasteiger partial charge < -0.3 is 26.0 Å². The quantitative estimate of drug-likeness (QED) is 0.444. The molecule has 10 heteroatoms. The predicted octanol–water partition coefficient (Wildman–Crippen LogP) is 1.32. The third-order valence-corrected chi connectivity index (χ3v) is 3.08. The third kappa shape index (κ3) is 6.82. The Labute approximate surface area is 152 Å². The van der Waals surface area contributed by atoms with Gasteiger partial charge in [0.15, 0.2) is 0 Å². The number of anilines is 2. The maximum atomic E-state index is 11.8. The van der Waals surface area contributed by atoms with Crippen LogP contribution in [-0.2, 0) is 19.2 Å². The molecule has 27 heavy (non-hydrogen) atoms. The first kappa shape index (κ1) is 21.1. The number of benzene rings is 1. The van der Waals surface area contributed by atoms with Crippen molar-refractivity contribution < 1.29 is 39.3 Å². The number of aromatic carboxylic acids is 1. The Balaban J connectivity index is 3.12. The van der Waals surface area contributed by atoms with E-state index in [4.69, 9.17) is 15.3 Å². The van der Waals surface area contributed by atoms with Crippen LogP contribution in [0.25, 0.3) is 0 Å². The minimum Gasteiger partial charge on any atom is -0.478 e. The fraction of sp³-hybridized carbons (Fsp3) is 0.118. The minimum atomic E-state index is -1.34. The lowest BCUT2D eigenvalue weighted by molar-refractivity contribution is -0.133. The highest BCUT2D eigenvalue weighted by Gasteiger charge is 2.12. The van der Waals surface area contributed by atoms with Crippen LogP contribution in [0.15, 0.2) is 41.5 Å². The summed E-state index contributed by atoms with van der Waals surface area (Å²) in [6.45, 7) is 2.41. The van der Waals surface area contributed by atoms with Gasteiger partial charge in [-0.15, -0.1) is 0 Å². The van der Waals surface area contributed by atoms with E-state index in [1.54, 1.807) is 0 Å². The SMILES string of the molecule is C/C(=C/C(=O)Nc1cc(NC(=O)/C=C(/C)C(=O)O)cc(C(=O)O)c1)C(=O)O. The van der Waals surface area contributed by atoms with Crippen molar-refractivity contribution in [3.63, 3.8) is 0 Å². The van der Waals surface area contributed by atoms with E-state index in [2.05, 4.69) is 10.6 Å². The third-order valence-electron chi connectivity index (χ3n) is 3.08. The molecule has 0 fully saturated rings. The monoisotopic (exact) mass is 376 g/mol. The van der Waals surface area contributed by atoms with Gasteiger partial charge in [0.05, 0.1) is 5.56 Å². The molecule has 0 aliphatic carbocycles. The van der Waals surface area contributed by atoms with Gasteiger partial charge >= 0.3 is 17.9 Å². The van der Waals surface area contributed by atoms with Crippen LogP contribution in [0.5, 0.6) is 0 Å². The van der Waals surface area contributed by atoms with Crippen molar-refractivity contribution in [2.75, 3.05) is 10.6 Å². The molecule has 0 spiro atoms. The average Bonchev–Trinajstić information content (AvgIpc) is 2.53. The molecule has 1 aromatic rings. The Morgan fingerprint density at radius 3 is 1.41 bits per heavy atom. The summed E-state index contributed by atoms with van der Waals surface area (Å²) < 4.78 is 0. The molecule has 1 rings (SSSR count). The van der Waals surface area contributed by atoms with Crippen molar-refractivity contribution in [3.8, 4) is 0 Å². The minimum absolute atomic E-state index is 0.0106. The van der Waals surface area contributed by atoms with Crippen molar-refractivity contribution in [1.82, 2.24) is 0 Å². The summed E-state index contributed by atoms with van der Waals surface area (Å²) in [4.78, 5) is 56.3. The molecule has 142 valence electrons. The summed E-state index contributed by atoms with van der Waals surface area (Å²) in [6.07, 6.45) is 1.62. The highest BCUT2D eigenvalue weighted by Crippen LogP contribution is 2.20. The first-order valence-electron chi connectivity index (χ1n) is 7.33. The van der Waals surface area contributed by atoms with E-state index in [9.17, 15) is 24.0 Å². The summed E-state index contributed by atoms with van der Waals surface area (Å²) in [6, 6.07) is 3.45. The fourth-order valence-corrected chi connectivity index (χ4v) is 1.77. The Kier molecular flexibility index (Phi) is 6.99. The second kappa shape index (κ2) is 8.94. The number of carboxylic acid groups (broad SMARTS) is 3. The first-order valence-corrected chi connectivity index (χ1v) is 7.33.